The van der Waals surface area contributed by atoms with Gasteiger partial charge in [-0.2, -0.15) is 0 Å². The highest BCUT2D eigenvalue weighted by atomic mass is 32.2. The molecule has 1 aliphatic heterocycles. The van der Waals surface area contributed by atoms with Crippen LogP contribution < -0.4 is 4.90 Å². The molecule has 0 saturated carbocycles. The van der Waals surface area contributed by atoms with Crippen molar-refractivity contribution in [1.82, 2.24) is 9.88 Å². The van der Waals surface area contributed by atoms with Gasteiger partial charge in [0, 0.05) is 45.2 Å². The van der Waals surface area contributed by atoms with Gasteiger partial charge >= 0.3 is 0 Å². The molecule has 2 rings (SSSR count). The van der Waals surface area contributed by atoms with Crippen LogP contribution in [0, 0.1) is 0 Å². The predicted molar refractivity (Wildman–Crippen MR) is 72.6 cm³/mol. The molecule has 1 saturated heterocycles. The van der Waals surface area contributed by atoms with Gasteiger partial charge in [-0.05, 0) is 12.1 Å². The molecule has 6 heteroatoms. The smallest absolute Gasteiger partial charge is 0.148 e. The van der Waals surface area contributed by atoms with E-state index in [1.807, 2.05) is 18.2 Å². The molecule has 0 spiro atoms. The number of aromatic nitrogens is 1. The average molecular weight is 269 g/mol. The first-order valence-electron chi connectivity index (χ1n) is 6.11. The number of piperazine rings is 1. The second-order valence-electron chi connectivity index (χ2n) is 4.65. The average Bonchev–Trinajstić information content (AvgIpc) is 2.37. The summed E-state index contributed by atoms with van der Waals surface area (Å²) >= 11 is 0. The van der Waals surface area contributed by atoms with E-state index in [9.17, 15) is 8.42 Å². The summed E-state index contributed by atoms with van der Waals surface area (Å²) in [6.45, 7) is 4.23. The van der Waals surface area contributed by atoms with Crippen LogP contribution in [0.2, 0.25) is 0 Å². The Labute approximate surface area is 108 Å². The molecule has 0 bridgehead atoms. The monoisotopic (exact) mass is 269 g/mol. The fraction of sp³-hybridized carbons (Fsp3) is 0.583. The van der Waals surface area contributed by atoms with Gasteiger partial charge in [-0.3, -0.25) is 4.90 Å². The van der Waals surface area contributed by atoms with Crippen LogP contribution in [0.4, 0.5) is 5.82 Å². The van der Waals surface area contributed by atoms with Gasteiger partial charge in [-0.25, -0.2) is 13.4 Å². The van der Waals surface area contributed by atoms with E-state index >= 15 is 0 Å². The highest BCUT2D eigenvalue weighted by molar-refractivity contribution is 7.90. The number of rotatable bonds is 4. The van der Waals surface area contributed by atoms with E-state index in [2.05, 4.69) is 14.8 Å². The van der Waals surface area contributed by atoms with Crippen molar-refractivity contribution in [3.8, 4) is 0 Å². The molecule has 0 unspecified atom stereocenters. The molecule has 1 aliphatic rings. The highest BCUT2D eigenvalue weighted by Crippen LogP contribution is 2.12. The van der Waals surface area contributed by atoms with Crippen molar-refractivity contribution in [3.05, 3.63) is 24.4 Å². The van der Waals surface area contributed by atoms with E-state index in [4.69, 9.17) is 0 Å². The van der Waals surface area contributed by atoms with Crippen LogP contribution in [-0.2, 0) is 9.84 Å². The summed E-state index contributed by atoms with van der Waals surface area (Å²) < 4.78 is 22.2. The van der Waals surface area contributed by atoms with Crippen LogP contribution in [0.3, 0.4) is 0 Å². The van der Waals surface area contributed by atoms with Gasteiger partial charge in [-0.15, -0.1) is 0 Å². The number of pyridine rings is 1. The lowest BCUT2D eigenvalue weighted by molar-refractivity contribution is 0.271. The third kappa shape index (κ3) is 3.96. The number of hydrogen-bond acceptors (Lipinski definition) is 5. The minimum atomic E-state index is -2.86. The number of anilines is 1. The minimum absolute atomic E-state index is 0.247. The van der Waals surface area contributed by atoms with Crippen molar-refractivity contribution in [2.24, 2.45) is 0 Å². The Morgan fingerprint density at radius 1 is 1.22 bits per heavy atom. The summed E-state index contributed by atoms with van der Waals surface area (Å²) in [5.41, 5.74) is 0. The maximum Gasteiger partial charge on any atom is 0.148 e. The first-order valence-corrected chi connectivity index (χ1v) is 8.17. The first-order chi connectivity index (χ1) is 8.54. The summed E-state index contributed by atoms with van der Waals surface area (Å²) in [6, 6.07) is 5.90. The fourth-order valence-electron chi connectivity index (χ4n) is 2.04. The van der Waals surface area contributed by atoms with Crippen molar-refractivity contribution >= 4 is 15.7 Å². The molecule has 1 aromatic rings. The molecule has 100 valence electrons. The molecule has 1 aromatic heterocycles. The van der Waals surface area contributed by atoms with Crippen molar-refractivity contribution in [3.63, 3.8) is 0 Å². The quantitative estimate of drug-likeness (QED) is 0.784. The molecule has 0 aliphatic carbocycles. The SMILES string of the molecule is CS(=O)(=O)CCN1CCN(c2ccccn2)CC1. The number of sulfone groups is 1. The molecule has 0 aromatic carbocycles. The lowest BCUT2D eigenvalue weighted by Gasteiger charge is -2.35. The molecule has 18 heavy (non-hydrogen) atoms. The summed E-state index contributed by atoms with van der Waals surface area (Å²) in [4.78, 5) is 8.75. The number of nitrogens with zero attached hydrogens (tertiary/aromatic N) is 3. The molecule has 0 N–H and O–H groups in total. The Kier molecular flexibility index (Phi) is 4.19. The molecular formula is C12H19N3O2S. The Balaban J connectivity index is 1.82. The zero-order chi connectivity index (χ0) is 13.0. The Hall–Kier alpha value is -1.14. The van der Waals surface area contributed by atoms with Gasteiger partial charge in [0.1, 0.15) is 15.7 Å². The maximum atomic E-state index is 11.1. The Morgan fingerprint density at radius 3 is 2.50 bits per heavy atom. The van der Waals surface area contributed by atoms with E-state index in [-0.39, 0.29) is 5.75 Å². The lowest BCUT2D eigenvalue weighted by atomic mass is 10.3. The lowest BCUT2D eigenvalue weighted by Crippen LogP contribution is -2.47. The molecular weight excluding hydrogens is 250 g/mol. The zero-order valence-electron chi connectivity index (χ0n) is 10.6. The van der Waals surface area contributed by atoms with Crippen molar-refractivity contribution in [1.29, 1.82) is 0 Å². The maximum absolute atomic E-state index is 11.1. The molecule has 1 fully saturated rings. The summed E-state index contributed by atoms with van der Waals surface area (Å²) in [5, 5.41) is 0. The molecule has 0 radical (unpaired) electrons. The molecule has 2 heterocycles. The Bertz CT molecular complexity index is 467. The van der Waals surface area contributed by atoms with Gasteiger partial charge in [0.25, 0.3) is 0 Å². The molecule has 5 nitrogen and oxygen atoms in total. The summed E-state index contributed by atoms with van der Waals surface area (Å²) in [6.07, 6.45) is 3.09. The third-order valence-electron chi connectivity index (χ3n) is 3.12. The van der Waals surface area contributed by atoms with E-state index in [0.717, 1.165) is 32.0 Å². The van der Waals surface area contributed by atoms with Crippen LogP contribution in [0.15, 0.2) is 24.4 Å². The second-order valence-corrected chi connectivity index (χ2v) is 6.91. The largest absolute Gasteiger partial charge is 0.354 e. The van der Waals surface area contributed by atoms with E-state index in [1.54, 1.807) is 6.20 Å². The van der Waals surface area contributed by atoms with Gasteiger partial charge < -0.3 is 4.90 Å². The van der Waals surface area contributed by atoms with Crippen molar-refractivity contribution in [2.75, 3.05) is 49.6 Å². The topological polar surface area (TPSA) is 53.5 Å². The summed E-state index contributed by atoms with van der Waals surface area (Å²) in [5.74, 6) is 1.25. The van der Waals surface area contributed by atoms with Crippen LogP contribution in [0.25, 0.3) is 0 Å². The van der Waals surface area contributed by atoms with Crippen LogP contribution in [-0.4, -0.2) is 63.0 Å². The van der Waals surface area contributed by atoms with Crippen molar-refractivity contribution in [2.45, 2.75) is 0 Å². The van der Waals surface area contributed by atoms with Crippen LogP contribution >= 0.6 is 0 Å². The van der Waals surface area contributed by atoms with Gasteiger partial charge in [0.15, 0.2) is 0 Å². The van der Waals surface area contributed by atoms with Gasteiger partial charge in [-0.1, -0.05) is 6.07 Å². The van der Waals surface area contributed by atoms with Crippen molar-refractivity contribution < 1.29 is 8.42 Å². The van der Waals surface area contributed by atoms with Crippen LogP contribution in [0.5, 0.6) is 0 Å². The van der Waals surface area contributed by atoms with Crippen LogP contribution in [0.1, 0.15) is 0 Å². The highest BCUT2D eigenvalue weighted by Gasteiger charge is 2.18. The Morgan fingerprint density at radius 2 is 1.94 bits per heavy atom. The fourth-order valence-corrected chi connectivity index (χ4v) is 2.63. The molecule has 0 atom stereocenters. The van der Waals surface area contributed by atoms with Gasteiger partial charge in [0.05, 0.1) is 5.75 Å². The first kappa shape index (κ1) is 13.3. The standard InChI is InChI=1S/C12H19N3O2S/c1-18(16,17)11-10-14-6-8-15(9-7-14)12-4-2-3-5-13-12/h2-5H,6-11H2,1H3. The van der Waals surface area contributed by atoms with Gasteiger partial charge in [0.2, 0.25) is 0 Å². The van der Waals surface area contributed by atoms with E-state index < -0.39 is 9.84 Å². The predicted octanol–water partition coefficient (Wildman–Crippen LogP) is 0.248. The number of hydrogen-bond donors (Lipinski definition) is 0. The minimum Gasteiger partial charge on any atom is -0.354 e. The normalized spacial score (nSPS) is 17.9. The summed E-state index contributed by atoms with van der Waals surface area (Å²) in [7, 11) is -2.86. The third-order valence-corrected chi connectivity index (χ3v) is 4.05. The van der Waals surface area contributed by atoms with E-state index in [1.165, 1.54) is 6.26 Å². The molecule has 0 amide bonds. The van der Waals surface area contributed by atoms with E-state index in [0.29, 0.717) is 6.54 Å². The second kappa shape index (κ2) is 5.67. The zero-order valence-corrected chi connectivity index (χ0v) is 11.4.